The molecule has 1 atom stereocenters. The Morgan fingerprint density at radius 3 is 1.84 bits per heavy atom. The van der Waals surface area contributed by atoms with Gasteiger partial charge < -0.3 is 9.33 Å². The smallest absolute Gasteiger partial charge is 0.261 e. The van der Waals surface area contributed by atoms with Crippen molar-refractivity contribution in [3.63, 3.8) is 0 Å². The molecular formula is C25H38N2O3Si. The summed E-state index contributed by atoms with van der Waals surface area (Å²) in [6.45, 7) is 10.4. The largest absolute Gasteiger partial charge is 0.403 e. The number of hydroxylamine groups is 2. The second-order valence-corrected chi connectivity index (χ2v) is 13.3. The monoisotopic (exact) mass is 442 g/mol. The first kappa shape index (κ1) is 25.3. The summed E-state index contributed by atoms with van der Waals surface area (Å²) in [6, 6.07) is 21.1. The van der Waals surface area contributed by atoms with Crippen molar-refractivity contribution in [3.05, 3.63) is 60.7 Å². The normalized spacial score (nSPS) is 13.3. The molecule has 0 aliphatic rings. The van der Waals surface area contributed by atoms with E-state index in [1.807, 2.05) is 12.1 Å². The summed E-state index contributed by atoms with van der Waals surface area (Å²) < 4.78 is 7.21. The highest BCUT2D eigenvalue weighted by Crippen LogP contribution is 2.38. The Labute approximate surface area is 189 Å². The zero-order chi connectivity index (χ0) is 23.1. The molecule has 0 heterocycles. The van der Waals surface area contributed by atoms with Gasteiger partial charge in [-0.15, -0.1) is 0 Å². The second-order valence-electron chi connectivity index (χ2n) is 9.04. The molecule has 0 saturated carbocycles. The van der Waals surface area contributed by atoms with Crippen LogP contribution in [-0.4, -0.2) is 64.6 Å². The molecule has 2 rings (SSSR count). The van der Waals surface area contributed by atoms with Gasteiger partial charge in [-0.2, -0.15) is 0 Å². The van der Waals surface area contributed by atoms with Crippen LogP contribution in [-0.2, 0) is 14.1 Å². The number of nitrogens with zero attached hydrogens (tertiary/aromatic N) is 2. The molecule has 0 radical (unpaired) electrons. The van der Waals surface area contributed by atoms with E-state index in [-0.39, 0.29) is 23.5 Å². The first-order valence-corrected chi connectivity index (χ1v) is 12.8. The number of hydrogen-bond acceptors (Lipinski definition) is 4. The van der Waals surface area contributed by atoms with Crippen molar-refractivity contribution in [2.24, 2.45) is 0 Å². The Hall–Kier alpha value is -1.99. The summed E-state index contributed by atoms with van der Waals surface area (Å²) in [6.07, 6.45) is 0.000437. The van der Waals surface area contributed by atoms with Crippen LogP contribution in [0.25, 0.3) is 0 Å². The van der Waals surface area contributed by atoms with Gasteiger partial charge in [0.25, 0.3) is 8.32 Å². The molecule has 6 heteroatoms. The van der Waals surface area contributed by atoms with E-state index < -0.39 is 8.32 Å². The van der Waals surface area contributed by atoms with Crippen molar-refractivity contribution in [1.29, 1.82) is 0 Å². The Bertz CT molecular complexity index is 769. The first-order valence-electron chi connectivity index (χ1n) is 10.9. The number of carbonyl (C=O) groups excluding carboxylic acids is 1. The van der Waals surface area contributed by atoms with Crippen molar-refractivity contribution in [3.8, 4) is 0 Å². The minimum Gasteiger partial charge on any atom is -0.403 e. The maximum atomic E-state index is 12.8. The maximum absolute atomic E-state index is 12.8. The van der Waals surface area contributed by atoms with Crippen LogP contribution in [0.3, 0.4) is 0 Å². The van der Waals surface area contributed by atoms with Crippen LogP contribution in [0.4, 0.5) is 0 Å². The van der Waals surface area contributed by atoms with Gasteiger partial charge in [-0.1, -0.05) is 88.4 Å². The summed E-state index contributed by atoms with van der Waals surface area (Å²) in [5.41, 5.74) is 0. The topological polar surface area (TPSA) is 42.0 Å². The van der Waals surface area contributed by atoms with E-state index in [1.165, 1.54) is 22.5 Å². The third-order valence-electron chi connectivity index (χ3n) is 5.84. The first-order chi connectivity index (χ1) is 14.7. The Balaban J connectivity index is 2.61. The molecule has 0 spiro atoms. The molecule has 170 valence electrons. The number of amides is 1. The summed E-state index contributed by atoms with van der Waals surface area (Å²) in [4.78, 5) is 20.1. The lowest BCUT2D eigenvalue weighted by atomic mass is 10.2. The molecule has 0 aliphatic carbocycles. The van der Waals surface area contributed by atoms with E-state index in [4.69, 9.17) is 9.26 Å². The summed E-state index contributed by atoms with van der Waals surface area (Å²) >= 11 is 0. The lowest BCUT2D eigenvalue weighted by Crippen LogP contribution is -2.68. The molecule has 0 fully saturated rings. The molecule has 0 N–H and O–H groups in total. The van der Waals surface area contributed by atoms with E-state index in [0.29, 0.717) is 6.54 Å². The average Bonchev–Trinajstić information content (AvgIpc) is 2.76. The third-order valence-corrected chi connectivity index (χ3v) is 10.9. The van der Waals surface area contributed by atoms with Crippen LogP contribution >= 0.6 is 0 Å². The predicted octanol–water partition coefficient (Wildman–Crippen LogP) is 3.29. The lowest BCUT2D eigenvalue weighted by Gasteiger charge is -2.45. The van der Waals surface area contributed by atoms with Crippen molar-refractivity contribution in [2.45, 2.75) is 45.3 Å². The van der Waals surface area contributed by atoms with E-state index in [1.54, 1.807) is 7.05 Å². The standard InChI is InChI=1S/C25H38N2O3Si/c1-8-26(5)20-21(19-24(28)27(6)29-7)30-31(25(2,3)4,22-15-11-9-12-16-22)23-17-13-10-14-18-23/h9-18,21H,8,19-20H2,1-7H3. The second kappa shape index (κ2) is 11.0. The number of rotatable bonds is 10. The molecule has 2 aromatic carbocycles. The van der Waals surface area contributed by atoms with Crippen LogP contribution in [0.5, 0.6) is 0 Å². The Kier molecular flexibility index (Phi) is 9.00. The van der Waals surface area contributed by atoms with Gasteiger partial charge >= 0.3 is 0 Å². The van der Waals surface area contributed by atoms with E-state index in [9.17, 15) is 4.79 Å². The van der Waals surface area contributed by atoms with Crippen molar-refractivity contribution < 1.29 is 14.1 Å². The fourth-order valence-corrected chi connectivity index (χ4v) is 8.66. The van der Waals surface area contributed by atoms with Gasteiger partial charge in [-0.25, -0.2) is 5.06 Å². The van der Waals surface area contributed by atoms with Crippen LogP contribution in [0.15, 0.2) is 60.7 Å². The molecule has 0 saturated heterocycles. The Morgan fingerprint density at radius 1 is 0.968 bits per heavy atom. The molecule has 31 heavy (non-hydrogen) atoms. The molecule has 0 aromatic heterocycles. The summed E-state index contributed by atoms with van der Waals surface area (Å²) in [5, 5.41) is 3.57. The van der Waals surface area contributed by atoms with E-state index in [0.717, 1.165) is 6.54 Å². The predicted molar refractivity (Wildman–Crippen MR) is 130 cm³/mol. The highest BCUT2D eigenvalue weighted by Gasteiger charge is 2.51. The lowest BCUT2D eigenvalue weighted by molar-refractivity contribution is -0.170. The van der Waals surface area contributed by atoms with Gasteiger partial charge in [-0.3, -0.25) is 9.63 Å². The minimum absolute atomic E-state index is 0.0880. The minimum atomic E-state index is -2.74. The van der Waals surface area contributed by atoms with Gasteiger partial charge in [0, 0.05) is 13.6 Å². The molecule has 5 nitrogen and oxygen atoms in total. The van der Waals surface area contributed by atoms with Crippen LogP contribution < -0.4 is 10.4 Å². The number of likely N-dealkylation sites (N-methyl/N-ethyl adjacent to an activating group) is 1. The summed E-state index contributed by atoms with van der Waals surface area (Å²) in [7, 11) is 2.47. The van der Waals surface area contributed by atoms with Gasteiger partial charge in [0.05, 0.1) is 19.6 Å². The van der Waals surface area contributed by atoms with Crippen LogP contribution in [0, 0.1) is 0 Å². The van der Waals surface area contributed by atoms with Gasteiger partial charge in [0.15, 0.2) is 0 Å². The van der Waals surface area contributed by atoms with Gasteiger partial charge in [0.1, 0.15) is 0 Å². The number of hydrogen-bond donors (Lipinski definition) is 0. The molecular weight excluding hydrogens is 404 g/mol. The molecule has 2 aromatic rings. The quantitative estimate of drug-likeness (QED) is 0.418. The van der Waals surface area contributed by atoms with Crippen LogP contribution in [0.2, 0.25) is 5.04 Å². The summed E-state index contributed by atoms with van der Waals surface area (Å²) in [5.74, 6) is -0.0880. The van der Waals surface area contributed by atoms with E-state index in [2.05, 4.69) is 88.2 Å². The number of benzene rings is 2. The van der Waals surface area contributed by atoms with Gasteiger partial charge in [-0.05, 0) is 29.0 Å². The van der Waals surface area contributed by atoms with Crippen LogP contribution in [0.1, 0.15) is 34.1 Å². The van der Waals surface area contributed by atoms with Crippen molar-refractivity contribution in [1.82, 2.24) is 9.96 Å². The van der Waals surface area contributed by atoms with Crippen molar-refractivity contribution in [2.75, 3.05) is 34.3 Å². The molecule has 1 amide bonds. The molecule has 1 unspecified atom stereocenters. The molecule has 0 aliphatic heterocycles. The SMILES string of the molecule is CCN(C)CC(CC(=O)N(C)OC)O[Si](c1ccccc1)(c1ccccc1)C(C)(C)C. The van der Waals surface area contributed by atoms with Crippen molar-refractivity contribution >= 4 is 24.6 Å². The fraction of sp³-hybridized carbons (Fsp3) is 0.480. The highest BCUT2D eigenvalue weighted by molar-refractivity contribution is 6.99. The highest BCUT2D eigenvalue weighted by atomic mass is 28.4. The fourth-order valence-electron chi connectivity index (χ4n) is 3.99. The zero-order valence-corrected chi connectivity index (χ0v) is 21.1. The maximum Gasteiger partial charge on any atom is 0.261 e. The molecule has 0 bridgehead atoms. The Morgan fingerprint density at radius 2 is 1.45 bits per heavy atom. The number of carbonyl (C=O) groups is 1. The zero-order valence-electron chi connectivity index (χ0n) is 20.1. The average molecular weight is 443 g/mol. The van der Waals surface area contributed by atoms with Gasteiger partial charge in [0.2, 0.25) is 5.91 Å². The third kappa shape index (κ3) is 6.04. The van der Waals surface area contributed by atoms with E-state index >= 15 is 0 Å².